The van der Waals surface area contributed by atoms with Crippen molar-refractivity contribution in [1.82, 2.24) is 0 Å². The summed E-state index contributed by atoms with van der Waals surface area (Å²) in [6, 6.07) is 0. The first-order valence-corrected chi connectivity index (χ1v) is 27.7. The summed E-state index contributed by atoms with van der Waals surface area (Å²) in [7, 11) is 0. The predicted octanol–water partition coefficient (Wildman–Crippen LogP) is -1.94. The minimum Gasteiger partial charge on any atom is -0.481 e. The molecule has 14 N–H and O–H groups in total. The van der Waals surface area contributed by atoms with Gasteiger partial charge in [0.2, 0.25) is 6.29 Å². The fraction of sp³-hybridized carbons (Fsp3) is 0.926. The van der Waals surface area contributed by atoms with E-state index >= 15 is 4.79 Å². The first-order chi connectivity index (χ1) is 36.3. The molecule has 8 fully saturated rings. The Morgan fingerprint density at radius 3 is 1.88 bits per heavy atom. The zero-order valence-corrected chi connectivity index (χ0v) is 45.7. The molecule has 0 aromatic rings. The fourth-order valence-corrected chi connectivity index (χ4v) is 17.2. The number of rotatable bonds is 11. The van der Waals surface area contributed by atoms with Gasteiger partial charge in [0, 0.05) is 10.8 Å². The van der Waals surface area contributed by atoms with E-state index in [0.717, 1.165) is 5.57 Å². The van der Waals surface area contributed by atoms with Crippen molar-refractivity contribution >= 4 is 11.9 Å². The largest absolute Gasteiger partial charge is 0.481 e. The lowest BCUT2D eigenvalue weighted by Crippen LogP contribution is -2.72. The number of carboxylic acids is 1. The van der Waals surface area contributed by atoms with E-state index < -0.39 is 192 Å². The molecule has 0 radical (unpaired) electrons. The van der Waals surface area contributed by atoms with Gasteiger partial charge in [0.05, 0.1) is 49.0 Å². The number of hydrogen-bond acceptors (Lipinski definition) is 23. The summed E-state index contributed by atoms with van der Waals surface area (Å²) in [6.07, 6.45) is -28.1. The highest BCUT2D eigenvalue weighted by atomic mass is 16.8. The third-order valence-electron chi connectivity index (χ3n) is 21.6. The Balaban J connectivity index is 0.995. The maximum Gasteiger partial charge on any atom is 0.315 e. The number of ether oxygens (including phenoxy) is 8. The summed E-state index contributed by atoms with van der Waals surface area (Å²) in [5.41, 5.74) is -6.16. The first-order valence-electron chi connectivity index (χ1n) is 27.7. The minimum atomic E-state index is -1.91. The average Bonchev–Trinajstić information content (AvgIpc) is 1.95. The molecule has 0 amide bonds. The van der Waals surface area contributed by atoms with Crippen LogP contribution < -0.4 is 0 Å². The molecule has 0 spiro atoms. The van der Waals surface area contributed by atoms with Gasteiger partial charge in [0.1, 0.15) is 79.4 Å². The van der Waals surface area contributed by atoms with Gasteiger partial charge < -0.3 is 109 Å². The monoisotopic (exact) mass is 1120 g/mol. The Morgan fingerprint density at radius 1 is 0.628 bits per heavy atom. The van der Waals surface area contributed by atoms with Gasteiger partial charge in [0.25, 0.3) is 0 Å². The summed E-state index contributed by atoms with van der Waals surface area (Å²) in [4.78, 5) is 29.4. The standard InChI is InChI=1S/C54H86O24/c1-22-30(59)34(63)40(76-43-38(67)35(64)39(23(2)73-43)75-42-36(65)31(60)25(58)19-71-42)45(72-22)78-47(70)53-14-13-48(3,4)20-51(53,7)29-10-9-27-49(5)17-24(57)41(77-44-37(66)33(62)32(61)26(18-55)74-44)52(8,46(68)69)28(49)11-12-50(27,6)54(29,21-56)16-15-53/h10,22-28,30-45,55-67H,9,11-21H2,1-8H3,(H,68,69)/t22-,23+,24+,25-,26-,27-,28-,30+,31+,32-,33+,34+,35+,36-,37-,38-,39+,40-,41+,42+,43+,44+,45+,49-,50-,51+,52+,53-,54+/m1/s1. The number of fused-ring (bicyclic) bond motifs is 7. The smallest absolute Gasteiger partial charge is 0.315 e. The van der Waals surface area contributed by atoms with Crippen LogP contribution in [0.3, 0.4) is 0 Å². The molecule has 24 nitrogen and oxygen atoms in total. The molecule has 4 aliphatic heterocycles. The topological polar surface area (TPSA) is 391 Å². The molecule has 78 heavy (non-hydrogen) atoms. The summed E-state index contributed by atoms with van der Waals surface area (Å²) < 4.78 is 47.5. The molecule has 4 heterocycles. The van der Waals surface area contributed by atoms with Crippen LogP contribution in [0.4, 0.5) is 0 Å². The molecule has 9 aliphatic rings. The van der Waals surface area contributed by atoms with E-state index in [9.17, 15) is 76.3 Å². The number of hydrogen-bond donors (Lipinski definition) is 14. The second kappa shape index (κ2) is 21.2. The van der Waals surface area contributed by atoms with Crippen LogP contribution in [0.25, 0.3) is 0 Å². The van der Waals surface area contributed by atoms with Gasteiger partial charge in [-0.3, -0.25) is 9.59 Å². The third kappa shape index (κ3) is 9.08. The lowest BCUT2D eigenvalue weighted by Gasteiger charge is -2.73. The van der Waals surface area contributed by atoms with Crippen molar-refractivity contribution < 1.29 is 119 Å². The maximum atomic E-state index is 15.6. The van der Waals surface area contributed by atoms with Crippen molar-refractivity contribution in [3.8, 4) is 0 Å². The quantitative estimate of drug-likeness (QED) is 0.0608. The van der Waals surface area contributed by atoms with Crippen molar-refractivity contribution in [3.63, 3.8) is 0 Å². The molecular formula is C54H86O24. The second-order valence-corrected chi connectivity index (χ2v) is 26.3. The lowest BCUT2D eigenvalue weighted by atomic mass is 9.31. The zero-order valence-electron chi connectivity index (χ0n) is 45.7. The molecule has 0 aromatic carbocycles. The van der Waals surface area contributed by atoms with Crippen LogP contribution in [0.15, 0.2) is 11.6 Å². The van der Waals surface area contributed by atoms with Crippen LogP contribution in [-0.2, 0) is 47.5 Å². The van der Waals surface area contributed by atoms with E-state index in [1.165, 1.54) is 20.8 Å². The van der Waals surface area contributed by atoms with Crippen LogP contribution in [0.1, 0.15) is 113 Å². The summed E-state index contributed by atoms with van der Waals surface area (Å²) in [5, 5.41) is 153. The number of aliphatic hydroxyl groups is 13. The third-order valence-corrected chi connectivity index (χ3v) is 21.6. The van der Waals surface area contributed by atoms with Crippen molar-refractivity contribution in [3.05, 3.63) is 11.6 Å². The van der Waals surface area contributed by atoms with Crippen LogP contribution in [0, 0.1) is 49.7 Å². The van der Waals surface area contributed by atoms with E-state index in [4.69, 9.17) is 37.9 Å². The van der Waals surface area contributed by atoms with Gasteiger partial charge in [-0.25, -0.2) is 0 Å². The van der Waals surface area contributed by atoms with Crippen molar-refractivity contribution in [2.24, 2.45) is 49.7 Å². The highest BCUT2D eigenvalue weighted by Gasteiger charge is 2.76. The van der Waals surface area contributed by atoms with Crippen molar-refractivity contribution in [2.45, 2.75) is 242 Å². The highest BCUT2D eigenvalue weighted by molar-refractivity contribution is 5.80. The fourth-order valence-electron chi connectivity index (χ4n) is 17.2. The Bertz CT molecular complexity index is 2240. The molecule has 5 aliphatic carbocycles. The Morgan fingerprint density at radius 2 is 1.23 bits per heavy atom. The molecule has 0 aromatic heterocycles. The number of carbonyl (C=O) groups is 2. The number of carboxylic acid groups (broad SMARTS) is 1. The molecular weight excluding hydrogens is 1030 g/mol. The maximum absolute atomic E-state index is 15.6. The second-order valence-electron chi connectivity index (χ2n) is 26.3. The molecule has 0 unspecified atom stereocenters. The number of esters is 1. The van der Waals surface area contributed by atoms with E-state index in [-0.39, 0.29) is 30.8 Å². The Kier molecular flexibility index (Phi) is 16.4. The first kappa shape index (κ1) is 60.5. The van der Waals surface area contributed by atoms with Crippen molar-refractivity contribution in [1.29, 1.82) is 0 Å². The number of aliphatic carboxylic acids is 1. The molecule has 4 saturated carbocycles. The van der Waals surface area contributed by atoms with E-state index in [1.807, 2.05) is 13.8 Å². The number of aliphatic hydroxyl groups excluding tert-OH is 13. The normalized spacial score (nSPS) is 55.0. The molecule has 0 bridgehead atoms. The van der Waals surface area contributed by atoms with Crippen molar-refractivity contribution in [2.75, 3.05) is 19.8 Å². The highest BCUT2D eigenvalue weighted by Crippen LogP contribution is 2.79. The Labute approximate surface area is 453 Å². The molecule has 4 saturated heterocycles. The Hall–Kier alpha value is -2.12. The van der Waals surface area contributed by atoms with Gasteiger partial charge in [-0.1, -0.05) is 46.3 Å². The van der Waals surface area contributed by atoms with Crippen LogP contribution in [0.5, 0.6) is 0 Å². The van der Waals surface area contributed by atoms with Gasteiger partial charge in [0.15, 0.2) is 25.0 Å². The summed E-state index contributed by atoms with van der Waals surface area (Å²) in [5.74, 6) is -2.94. The molecule has 24 heteroatoms. The summed E-state index contributed by atoms with van der Waals surface area (Å²) in [6.45, 7) is 13.3. The van der Waals surface area contributed by atoms with Crippen LogP contribution in [0.2, 0.25) is 0 Å². The zero-order chi connectivity index (χ0) is 57.4. The molecule has 446 valence electrons. The van der Waals surface area contributed by atoms with Gasteiger partial charge in [-0.15, -0.1) is 0 Å². The summed E-state index contributed by atoms with van der Waals surface area (Å²) >= 11 is 0. The predicted molar refractivity (Wildman–Crippen MR) is 263 cm³/mol. The van der Waals surface area contributed by atoms with Gasteiger partial charge >= 0.3 is 11.9 Å². The lowest BCUT2D eigenvalue weighted by molar-refractivity contribution is -0.373. The number of allylic oxidation sites excluding steroid dienone is 1. The SMILES string of the molecule is C[C@@H]1O[C@@H](O[C@H]2[C@H](OC(=O)[C@]34CCC(C)(C)C[C@@]3(C)C3=CC[C@@H]5[C@@]6(C)C[C@H](O)[C@H](O[C@@H]7O[C@H](CO)[C@@H](O)[C@H](O)[C@H]7O)[C@@](C)(C(=O)O)[C@@H]6CC[C@@]5(C)[C@]3(CO)CC4)O[C@H](C)[C@H](O)[C@@H]2O)[C@H](O)[C@H](O)[C@H]1O[C@@H]1OC[C@@H](O)[C@H](O)[C@H]1O. The van der Waals surface area contributed by atoms with Gasteiger partial charge in [-0.2, -0.15) is 0 Å². The molecule has 29 atom stereocenters. The molecule has 9 rings (SSSR count). The van der Waals surface area contributed by atoms with E-state index in [2.05, 4.69) is 26.8 Å². The van der Waals surface area contributed by atoms with Crippen LogP contribution >= 0.6 is 0 Å². The minimum absolute atomic E-state index is 0.0449. The van der Waals surface area contributed by atoms with E-state index in [0.29, 0.717) is 44.9 Å². The number of carbonyl (C=O) groups excluding carboxylic acids is 1. The van der Waals surface area contributed by atoms with Gasteiger partial charge in [-0.05, 0) is 107 Å². The van der Waals surface area contributed by atoms with E-state index in [1.54, 1.807) is 0 Å². The average molecular weight is 1120 g/mol. The van der Waals surface area contributed by atoms with Crippen LogP contribution in [-0.4, -0.2) is 232 Å².